The van der Waals surface area contributed by atoms with E-state index in [0.717, 1.165) is 18.5 Å². The van der Waals surface area contributed by atoms with Gasteiger partial charge in [0.1, 0.15) is 0 Å². The number of benzene rings is 1. The van der Waals surface area contributed by atoms with Crippen molar-refractivity contribution in [1.82, 2.24) is 9.88 Å². The Morgan fingerprint density at radius 3 is 3.15 bits per heavy atom. The predicted molar refractivity (Wildman–Crippen MR) is 78.6 cm³/mol. The summed E-state index contributed by atoms with van der Waals surface area (Å²) in [6.45, 7) is 2.18. The summed E-state index contributed by atoms with van der Waals surface area (Å²) in [5.41, 5.74) is 2.47. The van der Waals surface area contributed by atoms with Gasteiger partial charge in [0.05, 0.1) is 6.61 Å². The number of nitrogens with zero attached hydrogens (tertiary/aromatic N) is 1. The highest BCUT2D eigenvalue weighted by atomic mass is 16.5. The van der Waals surface area contributed by atoms with Gasteiger partial charge >= 0.3 is 0 Å². The average molecular weight is 272 g/mol. The molecule has 0 saturated carbocycles. The van der Waals surface area contributed by atoms with Gasteiger partial charge in [0.25, 0.3) is 0 Å². The Morgan fingerprint density at radius 1 is 1.40 bits per heavy atom. The number of amides is 1. The Kier molecular flexibility index (Phi) is 3.74. The molecule has 1 saturated heterocycles. The molecule has 1 unspecified atom stereocenters. The van der Waals surface area contributed by atoms with Gasteiger partial charge in [0.2, 0.25) is 5.91 Å². The number of carbonyl (C=O) groups excluding carboxylic acids is 1. The number of rotatable bonds is 5. The maximum absolute atomic E-state index is 11.9. The smallest absolute Gasteiger partial charge is 0.223 e. The number of carbonyl (C=O) groups is 1. The molecule has 1 aliphatic heterocycles. The standard InChI is InChI=1S/C16H20N2O2/c1-20-7-6-18-11-13(10-16(18)19)8-12-2-3-15-14(9-12)4-5-17-15/h2-5,9,13,17H,6-8,10-11H2,1H3. The van der Waals surface area contributed by atoms with Gasteiger partial charge in [-0.05, 0) is 41.5 Å². The molecular weight excluding hydrogens is 252 g/mol. The molecule has 2 aromatic rings. The molecule has 3 rings (SSSR count). The molecule has 20 heavy (non-hydrogen) atoms. The van der Waals surface area contributed by atoms with Crippen molar-refractivity contribution in [3.63, 3.8) is 0 Å². The van der Waals surface area contributed by atoms with E-state index in [4.69, 9.17) is 4.74 Å². The molecule has 1 N–H and O–H groups in total. The van der Waals surface area contributed by atoms with E-state index in [1.54, 1.807) is 7.11 Å². The zero-order valence-electron chi connectivity index (χ0n) is 11.8. The normalized spacial score (nSPS) is 19.1. The minimum Gasteiger partial charge on any atom is -0.383 e. The third-order valence-corrected chi connectivity index (χ3v) is 4.00. The largest absolute Gasteiger partial charge is 0.383 e. The average Bonchev–Trinajstić information content (AvgIpc) is 3.03. The Balaban J connectivity index is 1.64. The summed E-state index contributed by atoms with van der Waals surface area (Å²) in [5.74, 6) is 0.686. The topological polar surface area (TPSA) is 45.3 Å². The van der Waals surface area contributed by atoms with Crippen LogP contribution in [-0.2, 0) is 16.0 Å². The third-order valence-electron chi connectivity index (χ3n) is 4.00. The summed E-state index contributed by atoms with van der Waals surface area (Å²) in [4.78, 5) is 17.0. The summed E-state index contributed by atoms with van der Waals surface area (Å²) in [6, 6.07) is 8.57. The van der Waals surface area contributed by atoms with E-state index in [-0.39, 0.29) is 5.91 Å². The Hall–Kier alpha value is -1.81. The number of nitrogens with one attached hydrogen (secondary N) is 1. The van der Waals surface area contributed by atoms with Crippen LogP contribution in [0.25, 0.3) is 10.9 Å². The predicted octanol–water partition coefficient (Wildman–Crippen LogP) is 2.21. The molecule has 106 valence electrons. The van der Waals surface area contributed by atoms with E-state index in [2.05, 4.69) is 29.2 Å². The lowest BCUT2D eigenvalue weighted by atomic mass is 9.98. The van der Waals surface area contributed by atoms with Crippen LogP contribution in [-0.4, -0.2) is 42.6 Å². The van der Waals surface area contributed by atoms with Gasteiger partial charge in [-0.25, -0.2) is 0 Å². The van der Waals surface area contributed by atoms with Crippen LogP contribution in [0.5, 0.6) is 0 Å². The molecule has 0 bridgehead atoms. The van der Waals surface area contributed by atoms with Gasteiger partial charge in [-0.3, -0.25) is 4.79 Å². The second-order valence-electron chi connectivity index (χ2n) is 5.51. The molecule has 1 fully saturated rings. The molecule has 0 aliphatic carbocycles. The third kappa shape index (κ3) is 2.70. The summed E-state index contributed by atoms with van der Waals surface area (Å²) in [5, 5.41) is 1.24. The van der Waals surface area contributed by atoms with Crippen molar-refractivity contribution < 1.29 is 9.53 Å². The number of hydrogen-bond acceptors (Lipinski definition) is 2. The van der Waals surface area contributed by atoms with E-state index in [9.17, 15) is 4.79 Å². The molecule has 4 heteroatoms. The monoisotopic (exact) mass is 272 g/mol. The lowest BCUT2D eigenvalue weighted by Gasteiger charge is -2.16. The maximum atomic E-state index is 11.9. The van der Waals surface area contributed by atoms with E-state index in [0.29, 0.717) is 25.5 Å². The fourth-order valence-corrected chi connectivity index (χ4v) is 2.97. The zero-order chi connectivity index (χ0) is 13.9. The number of likely N-dealkylation sites (tertiary alicyclic amines) is 1. The first-order valence-electron chi connectivity index (χ1n) is 7.09. The molecule has 1 aromatic heterocycles. The van der Waals surface area contributed by atoms with Crippen molar-refractivity contribution in [2.45, 2.75) is 12.8 Å². The summed E-state index contributed by atoms with van der Waals surface area (Å²) in [7, 11) is 1.67. The van der Waals surface area contributed by atoms with Crippen LogP contribution in [0.4, 0.5) is 0 Å². The van der Waals surface area contributed by atoms with Gasteiger partial charge in [-0.2, -0.15) is 0 Å². The molecule has 1 aromatic carbocycles. The fraction of sp³-hybridized carbons (Fsp3) is 0.438. The van der Waals surface area contributed by atoms with Gasteiger partial charge in [-0.1, -0.05) is 6.07 Å². The second-order valence-corrected chi connectivity index (χ2v) is 5.51. The van der Waals surface area contributed by atoms with Gasteiger partial charge in [0.15, 0.2) is 0 Å². The lowest BCUT2D eigenvalue weighted by molar-refractivity contribution is -0.128. The van der Waals surface area contributed by atoms with Crippen molar-refractivity contribution >= 4 is 16.8 Å². The summed E-state index contributed by atoms with van der Waals surface area (Å²) >= 11 is 0. The quantitative estimate of drug-likeness (QED) is 0.907. The highest BCUT2D eigenvalue weighted by Gasteiger charge is 2.29. The van der Waals surface area contributed by atoms with Crippen molar-refractivity contribution in [2.75, 3.05) is 26.8 Å². The van der Waals surface area contributed by atoms with Crippen LogP contribution in [0, 0.1) is 5.92 Å². The van der Waals surface area contributed by atoms with Gasteiger partial charge in [-0.15, -0.1) is 0 Å². The molecule has 1 amide bonds. The highest BCUT2D eigenvalue weighted by molar-refractivity contribution is 5.80. The molecule has 0 radical (unpaired) electrons. The highest BCUT2D eigenvalue weighted by Crippen LogP contribution is 2.23. The van der Waals surface area contributed by atoms with Crippen molar-refractivity contribution in [3.8, 4) is 0 Å². The fourth-order valence-electron chi connectivity index (χ4n) is 2.97. The molecule has 2 heterocycles. The van der Waals surface area contributed by atoms with E-state index < -0.39 is 0 Å². The number of aromatic nitrogens is 1. The first-order chi connectivity index (χ1) is 9.76. The number of aromatic amines is 1. The Morgan fingerprint density at radius 2 is 2.30 bits per heavy atom. The first kappa shape index (κ1) is 13.2. The van der Waals surface area contributed by atoms with Gasteiger partial charge < -0.3 is 14.6 Å². The van der Waals surface area contributed by atoms with Crippen LogP contribution in [0.2, 0.25) is 0 Å². The van der Waals surface area contributed by atoms with Gasteiger partial charge in [0, 0.05) is 38.3 Å². The van der Waals surface area contributed by atoms with Crippen molar-refractivity contribution in [2.24, 2.45) is 5.92 Å². The Labute approximate surface area is 118 Å². The molecule has 1 atom stereocenters. The van der Waals surface area contributed by atoms with E-state index in [1.165, 1.54) is 10.9 Å². The minimum atomic E-state index is 0.259. The SMILES string of the molecule is COCCN1CC(Cc2ccc3[nH]ccc3c2)CC1=O. The zero-order valence-corrected chi connectivity index (χ0v) is 11.8. The molecule has 1 aliphatic rings. The number of H-pyrrole nitrogens is 1. The number of ether oxygens (including phenoxy) is 1. The van der Waals surface area contributed by atoms with Crippen molar-refractivity contribution in [1.29, 1.82) is 0 Å². The maximum Gasteiger partial charge on any atom is 0.223 e. The van der Waals surface area contributed by atoms with Crippen molar-refractivity contribution in [3.05, 3.63) is 36.0 Å². The van der Waals surface area contributed by atoms with Crippen LogP contribution < -0.4 is 0 Å². The molecular formula is C16H20N2O2. The van der Waals surface area contributed by atoms with Crippen LogP contribution in [0.3, 0.4) is 0 Å². The number of fused-ring (bicyclic) bond motifs is 1. The molecule has 0 spiro atoms. The lowest BCUT2D eigenvalue weighted by Crippen LogP contribution is -2.28. The Bertz CT molecular complexity index is 605. The first-order valence-corrected chi connectivity index (χ1v) is 7.09. The molecule has 4 nitrogen and oxygen atoms in total. The summed E-state index contributed by atoms with van der Waals surface area (Å²) < 4.78 is 5.05. The van der Waals surface area contributed by atoms with E-state index >= 15 is 0 Å². The van der Waals surface area contributed by atoms with Crippen LogP contribution in [0.1, 0.15) is 12.0 Å². The number of methoxy groups -OCH3 is 1. The number of hydrogen-bond donors (Lipinski definition) is 1. The van der Waals surface area contributed by atoms with E-state index in [1.807, 2.05) is 11.1 Å². The second kappa shape index (κ2) is 5.67. The minimum absolute atomic E-state index is 0.259. The van der Waals surface area contributed by atoms with Crippen LogP contribution >= 0.6 is 0 Å². The van der Waals surface area contributed by atoms with Crippen LogP contribution in [0.15, 0.2) is 30.5 Å². The summed E-state index contributed by atoms with van der Waals surface area (Å²) in [6.07, 6.45) is 3.59.